The van der Waals surface area contributed by atoms with Crippen molar-refractivity contribution in [1.29, 1.82) is 0 Å². The van der Waals surface area contributed by atoms with E-state index in [1.807, 2.05) is 0 Å². The van der Waals surface area contributed by atoms with Crippen molar-refractivity contribution in [3.05, 3.63) is 0 Å². The Bertz CT molecular complexity index is 335. The lowest BCUT2D eigenvalue weighted by Crippen LogP contribution is -2.65. The second-order valence-electron chi connectivity index (χ2n) is 8.63. The maximum absolute atomic E-state index is 6.65. The van der Waals surface area contributed by atoms with E-state index < -0.39 is 0 Å². The Hall–Kier alpha value is -0.0800. The van der Waals surface area contributed by atoms with Crippen LogP contribution in [0.25, 0.3) is 0 Å². The van der Waals surface area contributed by atoms with E-state index in [0.717, 1.165) is 12.6 Å². The Labute approximate surface area is 131 Å². The van der Waals surface area contributed by atoms with Gasteiger partial charge in [0, 0.05) is 11.5 Å². The van der Waals surface area contributed by atoms with Crippen LogP contribution in [0.2, 0.25) is 0 Å². The van der Waals surface area contributed by atoms with Crippen LogP contribution in [0.4, 0.5) is 0 Å². The van der Waals surface area contributed by atoms with E-state index in [2.05, 4.69) is 26.1 Å². The molecular weight excluding hydrogens is 258 g/mol. The molecule has 3 fully saturated rings. The molecule has 21 heavy (non-hydrogen) atoms. The highest BCUT2D eigenvalue weighted by Gasteiger charge is 2.55. The number of rotatable bonds is 4. The zero-order chi connectivity index (χ0) is 14.9. The lowest BCUT2D eigenvalue weighted by molar-refractivity contribution is -0.184. The van der Waals surface area contributed by atoms with Gasteiger partial charge in [0.05, 0.1) is 12.2 Å². The summed E-state index contributed by atoms with van der Waals surface area (Å²) >= 11 is 0. The summed E-state index contributed by atoms with van der Waals surface area (Å²) in [4.78, 5) is 0. The van der Waals surface area contributed by atoms with E-state index in [1.54, 1.807) is 0 Å². The number of nitrogens with one attached hydrogen (secondary N) is 1. The highest BCUT2D eigenvalue weighted by molar-refractivity contribution is 5.09. The van der Waals surface area contributed by atoms with Crippen LogP contribution in [0.3, 0.4) is 0 Å². The van der Waals surface area contributed by atoms with Gasteiger partial charge in [-0.1, -0.05) is 40.0 Å². The fourth-order valence-electron chi connectivity index (χ4n) is 5.09. The maximum atomic E-state index is 6.65. The van der Waals surface area contributed by atoms with Gasteiger partial charge in [0.15, 0.2) is 0 Å². The fourth-order valence-corrected chi connectivity index (χ4v) is 5.09. The van der Waals surface area contributed by atoms with Crippen molar-refractivity contribution in [2.45, 2.75) is 103 Å². The van der Waals surface area contributed by atoms with E-state index >= 15 is 0 Å². The first-order valence-electron chi connectivity index (χ1n) is 9.45. The van der Waals surface area contributed by atoms with Crippen LogP contribution in [0, 0.1) is 10.8 Å². The predicted octanol–water partition coefficient (Wildman–Crippen LogP) is 4.67. The molecule has 3 rings (SSSR count). The third-order valence-corrected chi connectivity index (χ3v) is 6.66. The molecule has 2 nitrogen and oxygen atoms in total. The first-order chi connectivity index (χ1) is 10.1. The van der Waals surface area contributed by atoms with E-state index in [0.29, 0.717) is 23.0 Å². The van der Waals surface area contributed by atoms with Crippen molar-refractivity contribution in [3.8, 4) is 0 Å². The highest BCUT2D eigenvalue weighted by atomic mass is 16.5. The molecule has 3 aliphatic carbocycles. The molecule has 0 amide bonds. The lowest BCUT2D eigenvalue weighted by Gasteiger charge is -2.59. The molecule has 0 aromatic heterocycles. The molecule has 3 saturated carbocycles. The first kappa shape index (κ1) is 15.8. The zero-order valence-corrected chi connectivity index (χ0v) is 14.4. The number of ether oxygens (including phenoxy) is 1. The second kappa shape index (κ2) is 6.20. The predicted molar refractivity (Wildman–Crippen MR) is 88.5 cm³/mol. The van der Waals surface area contributed by atoms with Gasteiger partial charge in [0.2, 0.25) is 0 Å². The summed E-state index contributed by atoms with van der Waals surface area (Å²) < 4.78 is 6.65. The molecule has 2 atom stereocenters. The van der Waals surface area contributed by atoms with Crippen LogP contribution < -0.4 is 5.32 Å². The molecule has 122 valence electrons. The van der Waals surface area contributed by atoms with Crippen molar-refractivity contribution in [2.24, 2.45) is 10.8 Å². The summed E-state index contributed by atoms with van der Waals surface area (Å²) in [6.07, 6.45) is 14.7. The van der Waals surface area contributed by atoms with Gasteiger partial charge in [-0.15, -0.1) is 0 Å². The standard InChI is InChI=1S/C19H35NO/c1-4-20-16-14-17(19(16)10-6-5-7-11-19)21-15-8-12-18(2,3)13-9-15/h15-17,20H,4-14H2,1-3H3. The van der Waals surface area contributed by atoms with Gasteiger partial charge in [0.25, 0.3) is 0 Å². The molecule has 0 radical (unpaired) electrons. The van der Waals surface area contributed by atoms with Crippen LogP contribution in [0.5, 0.6) is 0 Å². The summed E-state index contributed by atoms with van der Waals surface area (Å²) in [5, 5.41) is 3.74. The Morgan fingerprint density at radius 2 is 1.67 bits per heavy atom. The topological polar surface area (TPSA) is 21.3 Å². The molecule has 1 N–H and O–H groups in total. The molecule has 0 saturated heterocycles. The molecule has 2 unspecified atom stereocenters. The SMILES string of the molecule is CCNC1CC(OC2CCC(C)(C)CC2)C12CCCCC2. The molecular formula is C19H35NO. The summed E-state index contributed by atoms with van der Waals surface area (Å²) in [7, 11) is 0. The van der Waals surface area contributed by atoms with Crippen LogP contribution >= 0.6 is 0 Å². The largest absolute Gasteiger partial charge is 0.374 e. The Morgan fingerprint density at radius 3 is 2.29 bits per heavy atom. The summed E-state index contributed by atoms with van der Waals surface area (Å²) in [5.74, 6) is 0. The van der Waals surface area contributed by atoms with E-state index in [1.165, 1.54) is 64.2 Å². The number of hydrogen-bond acceptors (Lipinski definition) is 2. The van der Waals surface area contributed by atoms with Gasteiger partial charge in [-0.3, -0.25) is 0 Å². The molecule has 0 bridgehead atoms. The molecule has 2 heteroatoms. The first-order valence-corrected chi connectivity index (χ1v) is 9.45. The van der Waals surface area contributed by atoms with Gasteiger partial charge in [0.1, 0.15) is 0 Å². The summed E-state index contributed by atoms with van der Waals surface area (Å²) in [5.41, 5.74) is 1.04. The van der Waals surface area contributed by atoms with E-state index in [-0.39, 0.29) is 0 Å². The summed E-state index contributed by atoms with van der Waals surface area (Å²) in [6, 6.07) is 0.729. The van der Waals surface area contributed by atoms with Gasteiger partial charge in [-0.05, 0) is 56.9 Å². The summed E-state index contributed by atoms with van der Waals surface area (Å²) in [6.45, 7) is 8.18. The molecule has 0 aliphatic heterocycles. The third-order valence-electron chi connectivity index (χ3n) is 6.66. The number of hydrogen-bond donors (Lipinski definition) is 1. The third kappa shape index (κ3) is 3.17. The van der Waals surface area contributed by atoms with Crippen LogP contribution in [-0.4, -0.2) is 24.8 Å². The van der Waals surface area contributed by atoms with Gasteiger partial charge < -0.3 is 10.1 Å². The average molecular weight is 293 g/mol. The van der Waals surface area contributed by atoms with Crippen molar-refractivity contribution >= 4 is 0 Å². The monoisotopic (exact) mass is 293 g/mol. The minimum atomic E-state index is 0.487. The van der Waals surface area contributed by atoms with E-state index in [9.17, 15) is 0 Å². The molecule has 3 aliphatic rings. The minimum absolute atomic E-state index is 0.487. The van der Waals surface area contributed by atoms with Crippen molar-refractivity contribution < 1.29 is 4.74 Å². The van der Waals surface area contributed by atoms with Crippen LogP contribution in [-0.2, 0) is 4.74 Å². The normalized spacial score (nSPS) is 35.6. The molecule has 0 heterocycles. The van der Waals surface area contributed by atoms with E-state index in [4.69, 9.17) is 4.74 Å². The van der Waals surface area contributed by atoms with Crippen LogP contribution in [0.15, 0.2) is 0 Å². The molecule has 0 aromatic rings. The van der Waals surface area contributed by atoms with Crippen molar-refractivity contribution in [2.75, 3.05) is 6.54 Å². The van der Waals surface area contributed by atoms with Gasteiger partial charge in [-0.2, -0.15) is 0 Å². The zero-order valence-electron chi connectivity index (χ0n) is 14.4. The fraction of sp³-hybridized carbons (Fsp3) is 1.00. The Morgan fingerprint density at radius 1 is 1.00 bits per heavy atom. The van der Waals surface area contributed by atoms with Crippen molar-refractivity contribution in [1.82, 2.24) is 5.32 Å². The maximum Gasteiger partial charge on any atom is 0.0665 e. The molecule has 1 spiro atoms. The smallest absolute Gasteiger partial charge is 0.0665 e. The lowest BCUT2D eigenvalue weighted by atomic mass is 9.55. The van der Waals surface area contributed by atoms with Gasteiger partial charge in [-0.25, -0.2) is 0 Å². The average Bonchev–Trinajstić information content (AvgIpc) is 2.49. The molecule has 0 aromatic carbocycles. The Kier molecular flexibility index (Phi) is 4.66. The van der Waals surface area contributed by atoms with Crippen molar-refractivity contribution in [3.63, 3.8) is 0 Å². The van der Waals surface area contributed by atoms with Crippen LogP contribution in [0.1, 0.15) is 85.0 Å². The quantitative estimate of drug-likeness (QED) is 0.813. The second-order valence-corrected chi connectivity index (χ2v) is 8.63. The van der Waals surface area contributed by atoms with Gasteiger partial charge >= 0.3 is 0 Å². The Balaban J connectivity index is 1.58. The highest BCUT2D eigenvalue weighted by Crippen LogP contribution is 2.54. The minimum Gasteiger partial charge on any atom is -0.374 e.